The van der Waals surface area contributed by atoms with E-state index in [1.807, 2.05) is 0 Å². The summed E-state index contributed by atoms with van der Waals surface area (Å²) in [6, 6.07) is 8.07. The Hall–Kier alpha value is -2.65. The molecule has 0 radical (unpaired) electrons. The van der Waals surface area contributed by atoms with Crippen LogP contribution in [0.4, 0.5) is 11.4 Å². The van der Waals surface area contributed by atoms with Gasteiger partial charge in [-0.1, -0.05) is 17.7 Å². The summed E-state index contributed by atoms with van der Waals surface area (Å²) in [4.78, 5) is 22.0. The average molecular weight is 413 g/mol. The molecule has 0 fully saturated rings. The van der Waals surface area contributed by atoms with Gasteiger partial charge in [-0.15, -0.1) is 0 Å². The molecule has 144 valence electrons. The van der Waals surface area contributed by atoms with Crippen molar-refractivity contribution in [2.24, 2.45) is 0 Å². The van der Waals surface area contributed by atoms with Gasteiger partial charge in [0.1, 0.15) is 6.54 Å². The normalized spacial score (nSPS) is 11.1. The SMILES string of the molecule is COC(=O)CN(c1ccc(Cl)cc1C)S(=O)(=O)c1ccc(C)c([N+](=O)[O-])c1. The van der Waals surface area contributed by atoms with E-state index in [0.29, 0.717) is 16.1 Å². The summed E-state index contributed by atoms with van der Waals surface area (Å²) in [5.41, 5.74) is 0.715. The number of esters is 1. The second kappa shape index (κ2) is 7.93. The number of hydrogen-bond donors (Lipinski definition) is 0. The van der Waals surface area contributed by atoms with Crippen LogP contribution >= 0.6 is 11.6 Å². The van der Waals surface area contributed by atoms with E-state index in [0.717, 1.165) is 17.5 Å². The number of carbonyl (C=O) groups is 1. The first kappa shape index (κ1) is 20.7. The van der Waals surface area contributed by atoms with Crippen molar-refractivity contribution in [1.82, 2.24) is 0 Å². The number of aryl methyl sites for hydroxylation is 2. The minimum atomic E-state index is -4.28. The molecule has 0 aliphatic heterocycles. The van der Waals surface area contributed by atoms with Gasteiger partial charge < -0.3 is 4.74 Å². The van der Waals surface area contributed by atoms with Crippen LogP contribution in [0.25, 0.3) is 0 Å². The fourth-order valence-electron chi connectivity index (χ4n) is 2.45. The zero-order valence-corrected chi connectivity index (χ0v) is 16.4. The maximum absolute atomic E-state index is 13.2. The van der Waals surface area contributed by atoms with Gasteiger partial charge in [-0.2, -0.15) is 0 Å². The van der Waals surface area contributed by atoms with Gasteiger partial charge in [0, 0.05) is 16.7 Å². The molecule has 0 heterocycles. The summed E-state index contributed by atoms with van der Waals surface area (Å²) < 4.78 is 31.8. The Morgan fingerprint density at radius 2 is 1.85 bits per heavy atom. The number of hydrogen-bond acceptors (Lipinski definition) is 6. The Morgan fingerprint density at radius 3 is 2.41 bits per heavy atom. The largest absolute Gasteiger partial charge is 0.468 e. The highest BCUT2D eigenvalue weighted by molar-refractivity contribution is 7.92. The van der Waals surface area contributed by atoms with Crippen LogP contribution in [0, 0.1) is 24.0 Å². The predicted molar refractivity (Wildman–Crippen MR) is 101 cm³/mol. The molecule has 8 nitrogen and oxygen atoms in total. The van der Waals surface area contributed by atoms with Gasteiger partial charge in [0.25, 0.3) is 15.7 Å². The molecular weight excluding hydrogens is 396 g/mol. The number of sulfonamides is 1. The van der Waals surface area contributed by atoms with Crippen molar-refractivity contribution >= 4 is 39.0 Å². The number of methoxy groups -OCH3 is 1. The molecule has 0 spiro atoms. The molecule has 0 aliphatic rings. The highest BCUT2D eigenvalue weighted by atomic mass is 35.5. The second-order valence-corrected chi connectivity index (χ2v) is 8.02. The summed E-state index contributed by atoms with van der Waals surface area (Å²) in [6.45, 7) is 2.55. The van der Waals surface area contributed by atoms with Crippen molar-refractivity contribution in [1.29, 1.82) is 0 Å². The van der Waals surface area contributed by atoms with Gasteiger partial charge in [-0.3, -0.25) is 19.2 Å². The molecule has 0 aliphatic carbocycles. The molecule has 0 aromatic heterocycles. The second-order valence-electron chi connectivity index (χ2n) is 5.72. The molecule has 0 atom stereocenters. The van der Waals surface area contributed by atoms with Crippen molar-refractivity contribution in [3.63, 3.8) is 0 Å². The quantitative estimate of drug-likeness (QED) is 0.409. The standard InChI is InChI=1S/C17H17ClN2O6S/c1-11-4-6-14(9-16(11)20(22)23)27(24,25)19(10-17(21)26-3)15-7-5-13(18)8-12(15)2/h4-9H,10H2,1-3H3. The fourth-order valence-corrected chi connectivity index (χ4v) is 4.17. The molecule has 2 aromatic carbocycles. The van der Waals surface area contributed by atoms with E-state index in [9.17, 15) is 23.3 Å². The topological polar surface area (TPSA) is 107 Å². The number of benzene rings is 2. The molecule has 2 aromatic rings. The van der Waals surface area contributed by atoms with Gasteiger partial charge in [0.15, 0.2) is 0 Å². The third-order valence-corrected chi connectivity index (χ3v) is 5.88. The van der Waals surface area contributed by atoms with Crippen molar-refractivity contribution in [2.45, 2.75) is 18.7 Å². The molecule has 2 rings (SSSR count). The van der Waals surface area contributed by atoms with Crippen LogP contribution in [-0.2, 0) is 19.6 Å². The van der Waals surface area contributed by atoms with E-state index in [-0.39, 0.29) is 16.3 Å². The van der Waals surface area contributed by atoms with Crippen LogP contribution < -0.4 is 4.31 Å². The van der Waals surface area contributed by atoms with Crippen molar-refractivity contribution < 1.29 is 22.9 Å². The van der Waals surface area contributed by atoms with Crippen LogP contribution in [0.15, 0.2) is 41.3 Å². The van der Waals surface area contributed by atoms with Gasteiger partial charge in [0.05, 0.1) is 22.6 Å². The van der Waals surface area contributed by atoms with E-state index >= 15 is 0 Å². The molecule has 0 bridgehead atoms. The number of ether oxygens (including phenoxy) is 1. The lowest BCUT2D eigenvalue weighted by molar-refractivity contribution is -0.385. The molecule has 0 amide bonds. The lowest BCUT2D eigenvalue weighted by Gasteiger charge is -2.25. The lowest BCUT2D eigenvalue weighted by Crippen LogP contribution is -2.36. The Kier molecular flexibility index (Phi) is 6.07. The van der Waals surface area contributed by atoms with Crippen molar-refractivity contribution in [2.75, 3.05) is 18.0 Å². The third kappa shape index (κ3) is 4.37. The number of nitro groups is 1. The van der Waals surface area contributed by atoms with Gasteiger partial charge in [-0.05, 0) is 43.7 Å². The molecule has 10 heteroatoms. The molecule has 0 N–H and O–H groups in total. The smallest absolute Gasteiger partial charge is 0.326 e. The van der Waals surface area contributed by atoms with Crippen molar-refractivity contribution in [3.05, 3.63) is 62.7 Å². The average Bonchev–Trinajstić information content (AvgIpc) is 2.59. The third-order valence-electron chi connectivity index (χ3n) is 3.89. The first-order chi connectivity index (χ1) is 12.6. The fraction of sp³-hybridized carbons (Fsp3) is 0.235. The Balaban J connectivity index is 2.65. The number of rotatable bonds is 6. The Labute approximate surface area is 161 Å². The minimum Gasteiger partial charge on any atom is -0.468 e. The number of nitro benzene ring substituents is 1. The Morgan fingerprint density at radius 1 is 1.19 bits per heavy atom. The molecule has 0 unspecified atom stereocenters. The van der Waals surface area contributed by atoms with Gasteiger partial charge >= 0.3 is 5.97 Å². The van der Waals surface area contributed by atoms with Crippen LogP contribution in [-0.4, -0.2) is 33.0 Å². The molecule has 0 saturated carbocycles. The van der Waals surface area contributed by atoms with Gasteiger partial charge in [-0.25, -0.2) is 8.42 Å². The first-order valence-corrected chi connectivity index (χ1v) is 9.50. The number of carbonyl (C=O) groups excluding carboxylic acids is 1. The van der Waals surface area contributed by atoms with Crippen LogP contribution in [0.3, 0.4) is 0 Å². The van der Waals surface area contributed by atoms with E-state index < -0.39 is 27.5 Å². The lowest BCUT2D eigenvalue weighted by atomic mass is 10.2. The van der Waals surface area contributed by atoms with E-state index in [1.54, 1.807) is 13.0 Å². The zero-order chi connectivity index (χ0) is 20.4. The summed E-state index contributed by atoms with van der Waals surface area (Å²) in [5.74, 6) is -0.783. The highest BCUT2D eigenvalue weighted by Crippen LogP contribution is 2.31. The van der Waals surface area contributed by atoms with Crippen LogP contribution in [0.2, 0.25) is 5.02 Å². The minimum absolute atomic E-state index is 0.216. The molecule has 0 saturated heterocycles. The van der Waals surface area contributed by atoms with E-state index in [2.05, 4.69) is 4.74 Å². The van der Waals surface area contributed by atoms with Crippen molar-refractivity contribution in [3.8, 4) is 0 Å². The van der Waals surface area contributed by atoms with Crippen LogP contribution in [0.1, 0.15) is 11.1 Å². The van der Waals surface area contributed by atoms with E-state index in [4.69, 9.17) is 11.6 Å². The molecule has 27 heavy (non-hydrogen) atoms. The monoisotopic (exact) mass is 412 g/mol. The number of halogens is 1. The maximum Gasteiger partial charge on any atom is 0.326 e. The Bertz CT molecular complexity index is 1010. The molecular formula is C17H17ClN2O6S. The maximum atomic E-state index is 13.2. The summed E-state index contributed by atoms with van der Waals surface area (Å²) in [5, 5.41) is 11.6. The van der Waals surface area contributed by atoms with E-state index in [1.165, 1.54) is 31.2 Å². The summed E-state index contributed by atoms with van der Waals surface area (Å²) in [7, 11) is -3.14. The summed E-state index contributed by atoms with van der Waals surface area (Å²) >= 11 is 5.92. The first-order valence-electron chi connectivity index (χ1n) is 7.68. The highest BCUT2D eigenvalue weighted by Gasteiger charge is 2.30. The summed E-state index contributed by atoms with van der Waals surface area (Å²) in [6.07, 6.45) is 0. The zero-order valence-electron chi connectivity index (χ0n) is 14.8. The van der Waals surface area contributed by atoms with Crippen LogP contribution in [0.5, 0.6) is 0 Å². The predicted octanol–water partition coefficient (Wildman–Crippen LogP) is 3.23. The van der Waals surface area contributed by atoms with Gasteiger partial charge in [0.2, 0.25) is 0 Å². The number of anilines is 1. The number of nitrogens with zero attached hydrogens (tertiary/aromatic N) is 2.